The summed E-state index contributed by atoms with van der Waals surface area (Å²) >= 11 is 0. The highest BCUT2D eigenvalue weighted by Crippen LogP contribution is 2.43. The van der Waals surface area contributed by atoms with E-state index in [0.717, 1.165) is 12.8 Å². The molecule has 2 rings (SSSR count). The summed E-state index contributed by atoms with van der Waals surface area (Å²) in [5.41, 5.74) is -0.680. The van der Waals surface area contributed by atoms with Crippen LogP contribution >= 0.6 is 0 Å². The zero-order valence-electron chi connectivity index (χ0n) is 14.6. The number of likely N-dealkylation sites (N-methyl/N-ethyl adjacent to an activating group) is 1. The highest BCUT2D eigenvalue weighted by atomic mass is 19.1. The number of nitrogens with zero attached hydrogens (tertiary/aromatic N) is 2. The number of amides is 1. The van der Waals surface area contributed by atoms with Crippen molar-refractivity contribution in [3.8, 4) is 6.07 Å². The smallest absolute Gasteiger partial charge is 0.317 e. The van der Waals surface area contributed by atoms with Crippen molar-refractivity contribution in [2.75, 3.05) is 13.6 Å². The SMILES string of the molecule is C[C@H](OC(=O)C1(c2ccccc2F)CCCC1)C(=O)N(C)CCC#N. The Morgan fingerprint density at radius 1 is 1.36 bits per heavy atom. The number of nitriles is 1. The number of hydrogen-bond acceptors (Lipinski definition) is 4. The van der Waals surface area contributed by atoms with E-state index in [1.807, 2.05) is 6.07 Å². The van der Waals surface area contributed by atoms with Gasteiger partial charge in [-0.25, -0.2) is 4.39 Å². The maximum Gasteiger partial charge on any atom is 0.317 e. The monoisotopic (exact) mass is 346 g/mol. The molecule has 0 saturated heterocycles. The summed E-state index contributed by atoms with van der Waals surface area (Å²) in [4.78, 5) is 26.5. The van der Waals surface area contributed by atoms with Gasteiger partial charge in [0.15, 0.2) is 6.10 Å². The number of ether oxygens (including phenoxy) is 1. The van der Waals surface area contributed by atoms with Crippen LogP contribution in [0.5, 0.6) is 0 Å². The van der Waals surface area contributed by atoms with Crippen molar-refractivity contribution in [3.63, 3.8) is 0 Å². The van der Waals surface area contributed by atoms with Gasteiger partial charge in [-0.2, -0.15) is 5.26 Å². The standard InChI is InChI=1S/C19H23FN2O3/c1-14(17(23)22(2)13-7-12-21)25-18(24)19(10-5-6-11-19)15-8-3-4-9-16(15)20/h3-4,8-9,14H,5-7,10-11,13H2,1-2H3/t14-/m0/s1. The van der Waals surface area contributed by atoms with Crippen LogP contribution in [0.1, 0.15) is 44.6 Å². The Morgan fingerprint density at radius 3 is 2.60 bits per heavy atom. The number of esters is 1. The second-order valence-corrected chi connectivity index (χ2v) is 6.48. The highest BCUT2D eigenvalue weighted by molar-refractivity contribution is 5.88. The van der Waals surface area contributed by atoms with Crippen LogP contribution in [0, 0.1) is 17.1 Å². The van der Waals surface area contributed by atoms with Crippen molar-refractivity contribution in [3.05, 3.63) is 35.6 Å². The molecule has 0 unspecified atom stereocenters. The van der Waals surface area contributed by atoms with Gasteiger partial charge in [0, 0.05) is 19.2 Å². The number of benzene rings is 1. The fourth-order valence-electron chi connectivity index (χ4n) is 3.37. The van der Waals surface area contributed by atoms with E-state index in [1.165, 1.54) is 17.9 Å². The number of carbonyl (C=O) groups excluding carboxylic acids is 2. The van der Waals surface area contributed by atoms with Crippen molar-refractivity contribution in [2.45, 2.75) is 50.5 Å². The fourth-order valence-corrected chi connectivity index (χ4v) is 3.37. The predicted molar refractivity (Wildman–Crippen MR) is 90.0 cm³/mol. The Kier molecular flexibility index (Phi) is 6.13. The lowest BCUT2D eigenvalue weighted by molar-refractivity contribution is -0.163. The lowest BCUT2D eigenvalue weighted by atomic mass is 9.78. The first-order chi connectivity index (χ1) is 11.9. The Bertz CT molecular complexity index is 677. The minimum atomic E-state index is -1.02. The number of halogens is 1. The molecule has 25 heavy (non-hydrogen) atoms. The van der Waals surface area contributed by atoms with Gasteiger partial charge in [0.05, 0.1) is 17.9 Å². The molecule has 0 N–H and O–H groups in total. The number of rotatable bonds is 6. The van der Waals surface area contributed by atoms with Gasteiger partial charge >= 0.3 is 5.97 Å². The molecule has 1 aromatic rings. The zero-order chi connectivity index (χ0) is 18.4. The van der Waals surface area contributed by atoms with Crippen LogP contribution in [0.3, 0.4) is 0 Å². The first-order valence-corrected chi connectivity index (χ1v) is 8.50. The molecule has 0 heterocycles. The van der Waals surface area contributed by atoms with E-state index in [0.29, 0.717) is 18.4 Å². The molecule has 1 atom stereocenters. The van der Waals surface area contributed by atoms with Gasteiger partial charge in [0.1, 0.15) is 5.82 Å². The van der Waals surface area contributed by atoms with Crippen LogP contribution in [0.15, 0.2) is 24.3 Å². The largest absolute Gasteiger partial charge is 0.452 e. The van der Waals surface area contributed by atoms with E-state index in [9.17, 15) is 14.0 Å². The molecule has 1 aromatic carbocycles. The zero-order valence-corrected chi connectivity index (χ0v) is 14.6. The van der Waals surface area contributed by atoms with Gasteiger partial charge in [-0.15, -0.1) is 0 Å². The van der Waals surface area contributed by atoms with Crippen LogP contribution < -0.4 is 0 Å². The Balaban J connectivity index is 2.15. The first kappa shape index (κ1) is 18.9. The molecule has 1 aliphatic carbocycles. The predicted octanol–water partition coefficient (Wildman–Crippen LogP) is 2.94. The molecule has 1 fully saturated rings. The van der Waals surface area contributed by atoms with Gasteiger partial charge < -0.3 is 9.64 Å². The van der Waals surface area contributed by atoms with Crippen molar-refractivity contribution < 1.29 is 18.7 Å². The topological polar surface area (TPSA) is 70.4 Å². The van der Waals surface area contributed by atoms with E-state index in [4.69, 9.17) is 10.00 Å². The van der Waals surface area contributed by atoms with Crippen molar-refractivity contribution >= 4 is 11.9 Å². The summed E-state index contributed by atoms with van der Waals surface area (Å²) in [5.74, 6) is -1.35. The third-order valence-electron chi connectivity index (χ3n) is 4.80. The van der Waals surface area contributed by atoms with E-state index in [-0.39, 0.29) is 18.9 Å². The summed E-state index contributed by atoms with van der Waals surface area (Å²) in [7, 11) is 1.56. The molecule has 6 heteroatoms. The molecule has 5 nitrogen and oxygen atoms in total. The normalized spacial score (nSPS) is 16.7. The van der Waals surface area contributed by atoms with E-state index >= 15 is 0 Å². The summed E-state index contributed by atoms with van der Waals surface area (Å²) in [6.07, 6.45) is 1.89. The first-order valence-electron chi connectivity index (χ1n) is 8.50. The maximum atomic E-state index is 14.3. The van der Waals surface area contributed by atoms with Gasteiger partial charge in [-0.1, -0.05) is 31.0 Å². The van der Waals surface area contributed by atoms with Gasteiger partial charge in [-0.05, 0) is 25.8 Å². The van der Waals surface area contributed by atoms with Crippen LogP contribution in [0.25, 0.3) is 0 Å². The van der Waals surface area contributed by atoms with E-state index < -0.39 is 23.3 Å². The quantitative estimate of drug-likeness (QED) is 0.743. The van der Waals surface area contributed by atoms with Crippen LogP contribution in [-0.4, -0.2) is 36.5 Å². The van der Waals surface area contributed by atoms with Crippen LogP contribution in [0.4, 0.5) is 4.39 Å². The van der Waals surface area contributed by atoms with Crippen LogP contribution in [-0.2, 0) is 19.7 Å². The fraction of sp³-hybridized carbons (Fsp3) is 0.526. The molecule has 1 amide bonds. The molecule has 1 aliphatic rings. The summed E-state index contributed by atoms with van der Waals surface area (Å²) in [5, 5.41) is 8.60. The molecule has 0 bridgehead atoms. The van der Waals surface area contributed by atoms with Crippen LogP contribution in [0.2, 0.25) is 0 Å². The third kappa shape index (κ3) is 3.98. The Hall–Kier alpha value is -2.42. The summed E-state index contributed by atoms with van der Waals surface area (Å²) in [6, 6.07) is 8.22. The highest BCUT2D eigenvalue weighted by Gasteiger charge is 2.46. The molecule has 0 radical (unpaired) electrons. The molecule has 134 valence electrons. The van der Waals surface area contributed by atoms with Crippen molar-refractivity contribution in [2.24, 2.45) is 0 Å². The van der Waals surface area contributed by atoms with Crippen molar-refractivity contribution in [1.29, 1.82) is 5.26 Å². The van der Waals surface area contributed by atoms with Gasteiger partial charge in [-0.3, -0.25) is 9.59 Å². The van der Waals surface area contributed by atoms with E-state index in [2.05, 4.69) is 0 Å². The molecule has 1 saturated carbocycles. The lowest BCUT2D eigenvalue weighted by Crippen LogP contribution is -2.43. The number of hydrogen-bond donors (Lipinski definition) is 0. The second kappa shape index (κ2) is 8.11. The Morgan fingerprint density at radius 2 is 2.00 bits per heavy atom. The summed E-state index contributed by atoms with van der Waals surface area (Å²) < 4.78 is 19.7. The minimum Gasteiger partial charge on any atom is -0.452 e. The Labute approximate surface area is 147 Å². The molecule has 0 aromatic heterocycles. The summed E-state index contributed by atoms with van der Waals surface area (Å²) in [6.45, 7) is 1.78. The molecule has 0 aliphatic heterocycles. The molecular formula is C19H23FN2O3. The van der Waals surface area contributed by atoms with Crippen molar-refractivity contribution in [1.82, 2.24) is 4.90 Å². The minimum absolute atomic E-state index is 0.210. The second-order valence-electron chi connectivity index (χ2n) is 6.48. The molecular weight excluding hydrogens is 323 g/mol. The number of carbonyl (C=O) groups is 2. The average molecular weight is 346 g/mol. The molecule has 0 spiro atoms. The average Bonchev–Trinajstić information content (AvgIpc) is 3.10. The van der Waals surface area contributed by atoms with E-state index in [1.54, 1.807) is 25.2 Å². The third-order valence-corrected chi connectivity index (χ3v) is 4.80. The maximum absolute atomic E-state index is 14.3. The van der Waals surface area contributed by atoms with Gasteiger partial charge in [0.25, 0.3) is 5.91 Å². The van der Waals surface area contributed by atoms with Gasteiger partial charge in [0.2, 0.25) is 0 Å². The lowest BCUT2D eigenvalue weighted by Gasteiger charge is -2.30.